The highest BCUT2D eigenvalue weighted by atomic mass is 19.1. The van der Waals surface area contributed by atoms with Gasteiger partial charge in [0.25, 0.3) is 0 Å². The molecule has 1 aliphatic carbocycles. The number of halogens is 1. The smallest absolute Gasteiger partial charge is 0.305 e. The van der Waals surface area contributed by atoms with Crippen LogP contribution >= 0.6 is 0 Å². The number of esters is 1. The molecule has 1 aromatic rings. The Kier molecular flexibility index (Phi) is 3.66. The maximum absolute atomic E-state index is 13.1. The highest BCUT2D eigenvalue weighted by Crippen LogP contribution is 2.40. The lowest BCUT2D eigenvalue weighted by Crippen LogP contribution is -2.24. The zero-order chi connectivity index (χ0) is 13.2. The van der Waals surface area contributed by atoms with Crippen LogP contribution in [0.3, 0.4) is 0 Å². The summed E-state index contributed by atoms with van der Waals surface area (Å²) in [6.07, 6.45) is 1.68. The molecule has 1 N–H and O–H groups in total. The first-order valence-corrected chi connectivity index (χ1v) is 6.22. The molecule has 98 valence electrons. The van der Waals surface area contributed by atoms with E-state index < -0.39 is 5.60 Å². The summed E-state index contributed by atoms with van der Waals surface area (Å²) in [5, 5.41) is 10.5. The topological polar surface area (TPSA) is 46.5 Å². The molecular weight excluding hydrogens is 235 g/mol. The molecule has 0 radical (unpaired) electrons. The number of aliphatic hydroxyl groups is 1. The van der Waals surface area contributed by atoms with Crippen LogP contribution in [0.5, 0.6) is 0 Å². The Labute approximate surface area is 106 Å². The van der Waals surface area contributed by atoms with E-state index in [-0.39, 0.29) is 18.2 Å². The van der Waals surface area contributed by atoms with Crippen molar-refractivity contribution in [1.29, 1.82) is 0 Å². The van der Waals surface area contributed by atoms with E-state index in [1.807, 2.05) is 0 Å². The summed E-state index contributed by atoms with van der Waals surface area (Å²) in [5.74, 6) is -0.593. The summed E-state index contributed by atoms with van der Waals surface area (Å²) in [7, 11) is 0. The molecule has 0 fully saturated rings. The monoisotopic (exact) mass is 252 g/mol. The number of benzene rings is 1. The van der Waals surface area contributed by atoms with Gasteiger partial charge in [0.15, 0.2) is 0 Å². The third kappa shape index (κ3) is 2.53. The number of hydrogen-bond donors (Lipinski definition) is 1. The Hall–Kier alpha value is -1.42. The van der Waals surface area contributed by atoms with Crippen molar-refractivity contribution in [2.75, 3.05) is 6.61 Å². The Morgan fingerprint density at radius 2 is 2.33 bits per heavy atom. The van der Waals surface area contributed by atoms with Crippen molar-refractivity contribution in [3.8, 4) is 0 Å². The lowest BCUT2D eigenvalue weighted by atomic mass is 9.91. The van der Waals surface area contributed by atoms with E-state index in [4.69, 9.17) is 4.74 Å². The van der Waals surface area contributed by atoms with Gasteiger partial charge in [0.05, 0.1) is 12.2 Å². The van der Waals surface area contributed by atoms with Gasteiger partial charge in [-0.3, -0.25) is 4.79 Å². The molecule has 0 saturated heterocycles. The van der Waals surface area contributed by atoms with E-state index in [0.717, 1.165) is 11.1 Å². The third-order valence-corrected chi connectivity index (χ3v) is 3.42. The van der Waals surface area contributed by atoms with Gasteiger partial charge in [0.2, 0.25) is 0 Å². The van der Waals surface area contributed by atoms with Crippen molar-refractivity contribution in [3.63, 3.8) is 0 Å². The second-order valence-electron chi connectivity index (χ2n) is 4.64. The highest BCUT2D eigenvalue weighted by molar-refractivity contribution is 5.69. The van der Waals surface area contributed by atoms with Gasteiger partial charge in [0, 0.05) is 6.42 Å². The van der Waals surface area contributed by atoms with Crippen LogP contribution in [0.2, 0.25) is 0 Å². The molecule has 18 heavy (non-hydrogen) atoms. The molecule has 0 saturated carbocycles. The Morgan fingerprint density at radius 3 is 3.06 bits per heavy atom. The summed E-state index contributed by atoms with van der Waals surface area (Å²) in [6, 6.07) is 4.42. The van der Waals surface area contributed by atoms with Crippen molar-refractivity contribution in [1.82, 2.24) is 0 Å². The Morgan fingerprint density at radius 1 is 1.56 bits per heavy atom. The molecule has 1 atom stereocenters. The van der Waals surface area contributed by atoms with E-state index in [2.05, 4.69) is 0 Å². The third-order valence-electron chi connectivity index (χ3n) is 3.42. The first kappa shape index (κ1) is 13.0. The fourth-order valence-electron chi connectivity index (χ4n) is 2.50. The minimum atomic E-state index is -1.02. The van der Waals surface area contributed by atoms with E-state index in [9.17, 15) is 14.3 Å². The van der Waals surface area contributed by atoms with Gasteiger partial charge < -0.3 is 9.84 Å². The molecule has 0 amide bonds. The number of carbonyl (C=O) groups is 1. The molecule has 0 heterocycles. The molecular formula is C14H17FO3. The SMILES string of the molecule is CCOC(=O)CCC1(O)CCc2cc(F)ccc21. The maximum atomic E-state index is 13.1. The van der Waals surface area contributed by atoms with Crippen LogP contribution in [0.25, 0.3) is 0 Å². The summed E-state index contributed by atoms with van der Waals surface area (Å²) in [4.78, 5) is 11.3. The van der Waals surface area contributed by atoms with Gasteiger partial charge >= 0.3 is 5.97 Å². The quantitative estimate of drug-likeness (QED) is 0.836. The lowest BCUT2D eigenvalue weighted by molar-refractivity contribution is -0.144. The number of ether oxygens (including phenoxy) is 1. The number of aryl methyl sites for hydroxylation is 1. The Bertz CT molecular complexity index is 458. The van der Waals surface area contributed by atoms with Gasteiger partial charge in [-0.1, -0.05) is 6.07 Å². The van der Waals surface area contributed by atoms with Gasteiger partial charge in [-0.2, -0.15) is 0 Å². The van der Waals surface area contributed by atoms with Gasteiger partial charge in [0.1, 0.15) is 5.82 Å². The molecule has 1 aliphatic rings. The van der Waals surface area contributed by atoms with Gasteiger partial charge in [-0.15, -0.1) is 0 Å². The van der Waals surface area contributed by atoms with Crippen molar-refractivity contribution < 1.29 is 19.0 Å². The molecule has 4 heteroatoms. The van der Waals surface area contributed by atoms with Crippen LogP contribution < -0.4 is 0 Å². The van der Waals surface area contributed by atoms with Crippen LogP contribution in [0.1, 0.15) is 37.3 Å². The minimum absolute atomic E-state index is 0.182. The molecule has 0 aliphatic heterocycles. The van der Waals surface area contributed by atoms with Crippen LogP contribution in [0.4, 0.5) is 4.39 Å². The Balaban J connectivity index is 2.08. The number of carbonyl (C=O) groups excluding carboxylic acids is 1. The van der Waals surface area contributed by atoms with E-state index in [1.165, 1.54) is 12.1 Å². The second-order valence-corrected chi connectivity index (χ2v) is 4.64. The largest absolute Gasteiger partial charge is 0.466 e. The van der Waals surface area contributed by atoms with Crippen molar-refractivity contribution in [2.24, 2.45) is 0 Å². The molecule has 2 rings (SSSR count). The summed E-state index contributed by atoms with van der Waals surface area (Å²) in [6.45, 7) is 2.10. The van der Waals surface area contributed by atoms with Crippen molar-refractivity contribution in [2.45, 2.75) is 38.2 Å². The normalized spacial score (nSPS) is 21.7. The summed E-state index contributed by atoms with van der Waals surface area (Å²) >= 11 is 0. The van der Waals surface area contributed by atoms with Crippen LogP contribution in [-0.4, -0.2) is 17.7 Å². The predicted molar refractivity (Wildman–Crippen MR) is 64.5 cm³/mol. The fourth-order valence-corrected chi connectivity index (χ4v) is 2.50. The minimum Gasteiger partial charge on any atom is -0.466 e. The zero-order valence-corrected chi connectivity index (χ0v) is 10.4. The van der Waals surface area contributed by atoms with E-state index in [0.29, 0.717) is 25.9 Å². The highest BCUT2D eigenvalue weighted by Gasteiger charge is 2.36. The van der Waals surface area contributed by atoms with E-state index >= 15 is 0 Å². The van der Waals surface area contributed by atoms with Crippen molar-refractivity contribution in [3.05, 3.63) is 35.1 Å². The summed E-state index contributed by atoms with van der Waals surface area (Å²) in [5.41, 5.74) is 0.560. The average molecular weight is 252 g/mol. The molecule has 0 bridgehead atoms. The zero-order valence-electron chi connectivity index (χ0n) is 10.4. The molecule has 0 aromatic heterocycles. The first-order valence-electron chi connectivity index (χ1n) is 6.22. The van der Waals surface area contributed by atoms with Gasteiger partial charge in [-0.25, -0.2) is 4.39 Å². The number of hydrogen-bond acceptors (Lipinski definition) is 3. The summed E-state index contributed by atoms with van der Waals surface area (Å²) < 4.78 is 17.9. The first-order chi connectivity index (χ1) is 8.55. The van der Waals surface area contributed by atoms with E-state index in [1.54, 1.807) is 13.0 Å². The molecule has 0 spiro atoms. The van der Waals surface area contributed by atoms with Gasteiger partial charge in [-0.05, 0) is 49.4 Å². The standard InChI is InChI=1S/C14H17FO3/c1-2-18-13(16)6-8-14(17)7-5-10-9-11(15)3-4-12(10)14/h3-4,9,17H,2,5-8H2,1H3. The number of rotatable bonds is 4. The maximum Gasteiger partial charge on any atom is 0.305 e. The predicted octanol–water partition coefficient (Wildman–Crippen LogP) is 2.30. The van der Waals surface area contributed by atoms with Crippen LogP contribution in [0.15, 0.2) is 18.2 Å². The van der Waals surface area contributed by atoms with Crippen molar-refractivity contribution >= 4 is 5.97 Å². The van der Waals surface area contributed by atoms with Crippen LogP contribution in [-0.2, 0) is 21.6 Å². The van der Waals surface area contributed by atoms with Crippen LogP contribution in [0, 0.1) is 5.82 Å². The average Bonchev–Trinajstić information content (AvgIpc) is 2.65. The second kappa shape index (κ2) is 5.06. The number of fused-ring (bicyclic) bond motifs is 1. The fraction of sp³-hybridized carbons (Fsp3) is 0.500. The molecule has 3 nitrogen and oxygen atoms in total. The molecule has 1 aromatic carbocycles. The lowest BCUT2D eigenvalue weighted by Gasteiger charge is -2.23. The molecule has 1 unspecified atom stereocenters.